The van der Waals surface area contributed by atoms with Gasteiger partial charge in [-0.05, 0) is 31.2 Å². The zero-order valence-corrected chi connectivity index (χ0v) is 19.5. The van der Waals surface area contributed by atoms with Gasteiger partial charge in [0.15, 0.2) is 0 Å². The predicted molar refractivity (Wildman–Crippen MR) is 125 cm³/mol. The number of aliphatic imine (C=N–C) groups is 1. The van der Waals surface area contributed by atoms with Gasteiger partial charge >= 0.3 is 5.97 Å². The molecule has 1 unspecified atom stereocenters. The molecule has 34 heavy (non-hydrogen) atoms. The standard InChI is InChI=1S/C24H34FN5O4/c1-14(26)23(33)29-24(34)20-10-18(15-5-3-2-4-6-15)13-30(20)12-17-8-7-16(9-19(17)25)22(27)28-11-21(31)32/h7-9,14-15,18,20H,2-6,10-13,26H2,1H3,(H2,27,28)(H,31,32)(H,29,33,34)/t14-,18?,20-/m0/s1. The lowest BCUT2D eigenvalue weighted by molar-refractivity contribution is -0.135. The Hall–Kier alpha value is -2.85. The van der Waals surface area contributed by atoms with Crippen LogP contribution < -0.4 is 16.8 Å². The second-order valence-electron chi connectivity index (χ2n) is 9.38. The number of aliphatic carboxylic acids is 1. The summed E-state index contributed by atoms with van der Waals surface area (Å²) in [5.41, 5.74) is 12.1. The van der Waals surface area contributed by atoms with Gasteiger partial charge in [0, 0.05) is 24.2 Å². The van der Waals surface area contributed by atoms with E-state index in [4.69, 9.17) is 16.6 Å². The van der Waals surface area contributed by atoms with Gasteiger partial charge in [0.05, 0.1) is 12.1 Å². The largest absolute Gasteiger partial charge is 0.480 e. The van der Waals surface area contributed by atoms with Gasteiger partial charge in [0.25, 0.3) is 0 Å². The maximum absolute atomic E-state index is 14.9. The van der Waals surface area contributed by atoms with Crippen molar-refractivity contribution in [2.24, 2.45) is 28.3 Å². The molecule has 0 aromatic heterocycles. The number of carboxylic acid groups (broad SMARTS) is 1. The van der Waals surface area contributed by atoms with Crippen LogP contribution in [-0.2, 0) is 20.9 Å². The average molecular weight is 476 g/mol. The molecule has 6 N–H and O–H groups in total. The third-order valence-electron chi connectivity index (χ3n) is 6.82. The van der Waals surface area contributed by atoms with Crippen LogP contribution in [0.4, 0.5) is 4.39 Å². The van der Waals surface area contributed by atoms with Crippen LogP contribution in [0.3, 0.4) is 0 Å². The van der Waals surface area contributed by atoms with Crippen LogP contribution in [0.1, 0.15) is 56.6 Å². The fourth-order valence-electron chi connectivity index (χ4n) is 4.95. The van der Waals surface area contributed by atoms with E-state index in [1.165, 1.54) is 32.3 Å². The van der Waals surface area contributed by atoms with E-state index in [1.54, 1.807) is 12.1 Å². The summed E-state index contributed by atoms with van der Waals surface area (Å²) in [4.78, 5) is 41.3. The number of rotatable bonds is 8. The number of carbonyl (C=O) groups is 3. The van der Waals surface area contributed by atoms with Crippen LogP contribution in [0.5, 0.6) is 0 Å². The van der Waals surface area contributed by atoms with Crippen molar-refractivity contribution >= 4 is 23.6 Å². The van der Waals surface area contributed by atoms with Gasteiger partial charge in [-0.15, -0.1) is 0 Å². The van der Waals surface area contributed by atoms with Gasteiger partial charge < -0.3 is 16.6 Å². The van der Waals surface area contributed by atoms with Crippen LogP contribution in [0, 0.1) is 17.7 Å². The number of nitrogens with one attached hydrogen (secondary N) is 1. The van der Waals surface area contributed by atoms with Crippen LogP contribution >= 0.6 is 0 Å². The Kier molecular flexibility index (Phi) is 8.73. The molecule has 186 valence electrons. The lowest BCUT2D eigenvalue weighted by Crippen LogP contribution is -2.49. The quantitative estimate of drug-likeness (QED) is 0.327. The van der Waals surface area contributed by atoms with E-state index in [0.29, 0.717) is 35.9 Å². The zero-order chi connectivity index (χ0) is 24.8. The van der Waals surface area contributed by atoms with E-state index in [2.05, 4.69) is 10.3 Å². The minimum Gasteiger partial charge on any atom is -0.480 e. The normalized spacial score (nSPS) is 23.0. The van der Waals surface area contributed by atoms with Gasteiger partial charge in [0.2, 0.25) is 11.8 Å². The van der Waals surface area contributed by atoms with Gasteiger partial charge in [-0.3, -0.25) is 29.6 Å². The highest BCUT2D eigenvalue weighted by atomic mass is 19.1. The Labute approximate surface area is 198 Å². The molecule has 0 spiro atoms. The molecule has 2 amide bonds. The molecule has 10 heteroatoms. The average Bonchev–Trinajstić information content (AvgIpc) is 3.23. The van der Waals surface area contributed by atoms with Crippen molar-refractivity contribution in [2.45, 2.75) is 64.1 Å². The third kappa shape index (κ3) is 6.60. The highest BCUT2D eigenvalue weighted by molar-refractivity contribution is 6.00. The number of amides is 2. The van der Waals surface area contributed by atoms with Crippen molar-refractivity contribution in [3.05, 3.63) is 35.1 Å². The first-order valence-electron chi connectivity index (χ1n) is 11.8. The first kappa shape index (κ1) is 25.8. The summed E-state index contributed by atoms with van der Waals surface area (Å²) in [7, 11) is 0. The van der Waals surface area contributed by atoms with Gasteiger partial charge in [-0.1, -0.05) is 44.2 Å². The second kappa shape index (κ2) is 11.5. The third-order valence-corrected chi connectivity index (χ3v) is 6.82. The maximum Gasteiger partial charge on any atom is 0.325 e. The number of halogens is 1. The van der Waals surface area contributed by atoms with Crippen molar-refractivity contribution in [3.63, 3.8) is 0 Å². The fourth-order valence-corrected chi connectivity index (χ4v) is 4.95. The number of carboxylic acids is 1. The number of imide groups is 1. The van der Waals surface area contributed by atoms with Crippen molar-refractivity contribution in [1.29, 1.82) is 0 Å². The summed E-state index contributed by atoms with van der Waals surface area (Å²) in [5, 5.41) is 11.1. The molecule has 2 fully saturated rings. The van der Waals surface area contributed by atoms with Crippen molar-refractivity contribution < 1.29 is 23.9 Å². The highest BCUT2D eigenvalue weighted by Crippen LogP contribution is 2.38. The van der Waals surface area contributed by atoms with Gasteiger partial charge in [0.1, 0.15) is 18.2 Å². The SMILES string of the molecule is C[C@H](N)C(=O)NC(=O)[C@@H]1CC(C2CCCCC2)CN1Cc1ccc(C(N)=NCC(=O)O)cc1F. The predicted octanol–water partition coefficient (Wildman–Crippen LogP) is 1.38. The molecule has 1 aromatic rings. The number of benzene rings is 1. The molecule has 1 aliphatic carbocycles. The van der Waals surface area contributed by atoms with E-state index >= 15 is 0 Å². The number of hydrogen-bond acceptors (Lipinski definition) is 6. The van der Waals surface area contributed by atoms with Gasteiger partial charge in [-0.25, -0.2) is 4.39 Å². The molecular formula is C24H34FN5O4. The Morgan fingerprint density at radius 3 is 2.56 bits per heavy atom. The summed E-state index contributed by atoms with van der Waals surface area (Å²) in [6, 6.07) is 3.04. The van der Waals surface area contributed by atoms with Crippen molar-refractivity contribution in [1.82, 2.24) is 10.2 Å². The number of nitrogens with zero attached hydrogens (tertiary/aromatic N) is 2. The smallest absolute Gasteiger partial charge is 0.325 e. The van der Waals surface area contributed by atoms with E-state index < -0.39 is 42.2 Å². The second-order valence-corrected chi connectivity index (χ2v) is 9.38. The number of nitrogens with two attached hydrogens (primary N) is 2. The van der Waals surface area contributed by atoms with Gasteiger partial charge in [-0.2, -0.15) is 0 Å². The van der Waals surface area contributed by atoms with E-state index in [1.807, 2.05) is 4.90 Å². The monoisotopic (exact) mass is 475 g/mol. The van der Waals surface area contributed by atoms with Crippen LogP contribution in [0.25, 0.3) is 0 Å². The van der Waals surface area contributed by atoms with E-state index in [-0.39, 0.29) is 12.4 Å². The van der Waals surface area contributed by atoms with Crippen LogP contribution in [-0.4, -0.2) is 58.8 Å². The molecular weight excluding hydrogens is 441 g/mol. The minimum atomic E-state index is -1.13. The summed E-state index contributed by atoms with van der Waals surface area (Å²) in [5.74, 6) is -1.80. The van der Waals surface area contributed by atoms with E-state index in [0.717, 1.165) is 12.8 Å². The molecule has 9 nitrogen and oxygen atoms in total. The molecule has 2 aliphatic rings. The Morgan fingerprint density at radius 2 is 1.94 bits per heavy atom. The van der Waals surface area contributed by atoms with Crippen molar-refractivity contribution in [2.75, 3.05) is 13.1 Å². The van der Waals surface area contributed by atoms with Crippen LogP contribution in [0.2, 0.25) is 0 Å². The Morgan fingerprint density at radius 1 is 1.24 bits per heavy atom. The summed E-state index contributed by atoms with van der Waals surface area (Å²) >= 11 is 0. The first-order chi connectivity index (χ1) is 16.2. The molecule has 1 aromatic carbocycles. The molecule has 3 rings (SSSR count). The van der Waals surface area contributed by atoms with E-state index in [9.17, 15) is 18.8 Å². The molecule has 1 saturated carbocycles. The molecule has 0 radical (unpaired) electrons. The lowest BCUT2D eigenvalue weighted by Gasteiger charge is -2.27. The Balaban J connectivity index is 1.77. The number of likely N-dealkylation sites (tertiary alicyclic amines) is 1. The lowest BCUT2D eigenvalue weighted by atomic mass is 9.79. The first-order valence-corrected chi connectivity index (χ1v) is 11.8. The number of amidine groups is 1. The summed E-state index contributed by atoms with van der Waals surface area (Å²) < 4.78 is 14.9. The minimum absolute atomic E-state index is 0.0574. The Bertz CT molecular complexity index is 945. The highest BCUT2D eigenvalue weighted by Gasteiger charge is 2.41. The molecule has 3 atom stereocenters. The van der Waals surface area contributed by atoms with Crippen LogP contribution in [0.15, 0.2) is 23.2 Å². The fraction of sp³-hybridized carbons (Fsp3) is 0.583. The zero-order valence-electron chi connectivity index (χ0n) is 19.5. The summed E-state index contributed by atoms with van der Waals surface area (Å²) in [6.45, 7) is 1.87. The molecule has 1 saturated heterocycles. The maximum atomic E-state index is 14.9. The molecule has 1 heterocycles. The molecule has 0 bridgehead atoms. The molecule has 1 aliphatic heterocycles. The number of hydrogen-bond donors (Lipinski definition) is 4. The number of carbonyl (C=O) groups excluding carboxylic acids is 2. The van der Waals surface area contributed by atoms with Crippen molar-refractivity contribution in [3.8, 4) is 0 Å². The summed E-state index contributed by atoms with van der Waals surface area (Å²) in [6.07, 6.45) is 6.48. The topological polar surface area (TPSA) is 151 Å².